The van der Waals surface area contributed by atoms with E-state index in [-0.39, 0.29) is 0 Å². The van der Waals surface area contributed by atoms with Gasteiger partial charge in [0.15, 0.2) is 0 Å². The van der Waals surface area contributed by atoms with Crippen molar-refractivity contribution < 1.29 is 0 Å². The summed E-state index contributed by atoms with van der Waals surface area (Å²) < 4.78 is 0. The van der Waals surface area contributed by atoms with Gasteiger partial charge in [-0.05, 0) is 18.6 Å². The number of rotatable bonds is 9. The molecule has 0 amide bonds. The summed E-state index contributed by atoms with van der Waals surface area (Å²) in [5.74, 6) is 0. The lowest BCUT2D eigenvalue weighted by Crippen LogP contribution is -2.67. The predicted octanol–water partition coefficient (Wildman–Crippen LogP) is 4.76. The average molecular weight is 286 g/mol. The Morgan fingerprint density at radius 1 is 1.06 bits per heavy atom. The highest BCUT2D eigenvalue weighted by atomic mass is 28.4. The van der Waals surface area contributed by atoms with Crippen LogP contribution in [0.4, 0.5) is 0 Å². The minimum absolute atomic E-state index is 0.637. The molecule has 0 saturated heterocycles. The second-order valence-electron chi connectivity index (χ2n) is 6.36. The zero-order valence-electron chi connectivity index (χ0n) is 13.8. The lowest BCUT2D eigenvalue weighted by molar-refractivity contribution is 0.546. The molecule has 0 aliphatic carbocycles. The fourth-order valence-electron chi connectivity index (χ4n) is 3.06. The van der Waals surface area contributed by atoms with Gasteiger partial charge in [-0.3, -0.25) is 0 Å². The largest absolute Gasteiger partial charge is 0.316 e. The minimum atomic E-state index is -1.37. The predicted molar refractivity (Wildman–Crippen MR) is 91.6 cm³/mol. The van der Waals surface area contributed by atoms with Crippen molar-refractivity contribution in [1.82, 2.24) is 5.32 Å². The van der Waals surface area contributed by atoms with E-state index in [0.29, 0.717) is 6.04 Å². The molecule has 0 aromatic heterocycles. The Labute approximate surface area is 117 Å². The Balaban J connectivity index is 5.36. The molecule has 0 aromatic rings. The highest BCUT2D eigenvalue weighted by Gasteiger charge is 2.44. The highest BCUT2D eigenvalue weighted by molar-refractivity contribution is 7.00. The Morgan fingerprint density at radius 3 is 1.78 bits per heavy atom. The Kier molecular flexibility index (Phi) is 7.71. The van der Waals surface area contributed by atoms with Crippen molar-refractivity contribution in [3.63, 3.8) is 0 Å². The van der Waals surface area contributed by atoms with Gasteiger partial charge in [-0.2, -0.15) is 0 Å². The van der Waals surface area contributed by atoms with Crippen LogP contribution in [0.5, 0.6) is 0 Å². The van der Waals surface area contributed by atoms with Gasteiger partial charge in [0.2, 0.25) is 0 Å². The first kappa shape index (κ1) is 18.1. The van der Waals surface area contributed by atoms with E-state index >= 15 is 0 Å². The third-order valence-corrected chi connectivity index (χ3v) is 17.5. The Morgan fingerprint density at radius 2 is 1.50 bits per heavy atom. The summed E-state index contributed by atoms with van der Waals surface area (Å²) in [6.07, 6.45) is 1.22. The quantitative estimate of drug-likeness (QED) is 0.602. The Bertz CT molecular complexity index is 239. The van der Waals surface area contributed by atoms with Crippen molar-refractivity contribution in [1.29, 1.82) is 0 Å². The molecule has 1 N–H and O–H groups in total. The summed E-state index contributed by atoms with van der Waals surface area (Å²) >= 11 is 0. The molecule has 3 heteroatoms. The van der Waals surface area contributed by atoms with E-state index in [0.717, 1.165) is 5.29 Å². The molecule has 1 nitrogen and oxygen atoms in total. The van der Waals surface area contributed by atoms with E-state index in [1.165, 1.54) is 24.6 Å². The number of hydrogen-bond donors (Lipinski definition) is 1. The van der Waals surface area contributed by atoms with Crippen LogP contribution in [0.25, 0.3) is 0 Å². The van der Waals surface area contributed by atoms with Crippen LogP contribution in [0.1, 0.15) is 41.0 Å². The summed E-state index contributed by atoms with van der Waals surface area (Å²) in [6, 6.07) is 4.84. The SMILES string of the molecule is C=C[Si](C)(C)C(NC(C)CC)[Si](CC)(CC)CC. The van der Waals surface area contributed by atoms with E-state index < -0.39 is 16.1 Å². The number of hydrogen-bond acceptors (Lipinski definition) is 1. The average Bonchev–Trinajstić information content (AvgIpc) is 2.39. The minimum Gasteiger partial charge on any atom is -0.316 e. The van der Waals surface area contributed by atoms with Crippen molar-refractivity contribution in [3.05, 3.63) is 12.3 Å². The molecule has 108 valence electrons. The molecule has 0 aliphatic heterocycles. The topological polar surface area (TPSA) is 12.0 Å². The third-order valence-electron chi connectivity index (χ3n) is 5.06. The van der Waals surface area contributed by atoms with Crippen LogP contribution in [0, 0.1) is 0 Å². The van der Waals surface area contributed by atoms with Gasteiger partial charge in [0.05, 0.1) is 16.1 Å². The van der Waals surface area contributed by atoms with Gasteiger partial charge in [0, 0.05) is 6.04 Å². The standard InChI is InChI=1S/C15H35NSi2/c1-9-14(6)16-15(17(7,8)10-2)18(11-3,12-4)13-5/h10,14-16H,2,9,11-13H2,1,3-8H3. The lowest BCUT2D eigenvalue weighted by atomic mass is 10.3. The van der Waals surface area contributed by atoms with Crippen molar-refractivity contribution in [3.8, 4) is 0 Å². The van der Waals surface area contributed by atoms with E-state index in [9.17, 15) is 0 Å². The molecule has 0 radical (unpaired) electrons. The summed E-state index contributed by atoms with van der Waals surface area (Å²) in [5.41, 5.74) is 2.30. The van der Waals surface area contributed by atoms with Gasteiger partial charge in [0.25, 0.3) is 0 Å². The van der Waals surface area contributed by atoms with Gasteiger partial charge in [0.1, 0.15) is 0 Å². The van der Waals surface area contributed by atoms with Crippen molar-refractivity contribution in [2.75, 3.05) is 0 Å². The second-order valence-corrected chi connectivity index (χ2v) is 17.0. The molecule has 0 aliphatic rings. The maximum absolute atomic E-state index is 4.15. The molecule has 0 fully saturated rings. The first-order valence-corrected chi connectivity index (χ1v) is 13.6. The summed E-state index contributed by atoms with van der Waals surface area (Å²) in [4.78, 5) is 0. The molecule has 0 heterocycles. The molecule has 0 aromatic carbocycles. The van der Waals surface area contributed by atoms with Crippen LogP contribution in [0.2, 0.25) is 31.2 Å². The van der Waals surface area contributed by atoms with Crippen LogP contribution in [-0.4, -0.2) is 27.5 Å². The molecule has 2 unspecified atom stereocenters. The van der Waals surface area contributed by atoms with Crippen LogP contribution >= 0.6 is 0 Å². The van der Waals surface area contributed by atoms with Crippen molar-refractivity contribution in [2.24, 2.45) is 0 Å². The molecule has 2 atom stereocenters. The van der Waals surface area contributed by atoms with E-state index in [1.54, 1.807) is 0 Å². The fourth-order valence-corrected chi connectivity index (χ4v) is 15.9. The normalized spacial score (nSPS) is 16.4. The van der Waals surface area contributed by atoms with Crippen LogP contribution in [0.3, 0.4) is 0 Å². The van der Waals surface area contributed by atoms with Gasteiger partial charge in [-0.25, -0.2) is 0 Å². The highest BCUT2D eigenvalue weighted by Crippen LogP contribution is 2.30. The van der Waals surface area contributed by atoms with E-state index in [2.05, 4.69) is 65.3 Å². The maximum Gasteiger partial charge on any atom is 0.0855 e. The second kappa shape index (κ2) is 7.66. The summed E-state index contributed by atoms with van der Waals surface area (Å²) in [5, 5.41) is 4.78. The molecular weight excluding hydrogens is 250 g/mol. The van der Waals surface area contributed by atoms with E-state index in [1.807, 2.05) is 0 Å². The zero-order chi connectivity index (χ0) is 14.4. The van der Waals surface area contributed by atoms with Crippen LogP contribution in [-0.2, 0) is 0 Å². The molecule has 0 bridgehead atoms. The molecule has 0 saturated carbocycles. The van der Waals surface area contributed by atoms with Crippen molar-refractivity contribution >= 4 is 16.1 Å². The van der Waals surface area contributed by atoms with E-state index in [4.69, 9.17) is 0 Å². The van der Waals surface area contributed by atoms with Crippen LogP contribution < -0.4 is 5.32 Å². The summed E-state index contributed by atoms with van der Waals surface area (Å²) in [7, 11) is -2.57. The van der Waals surface area contributed by atoms with Crippen LogP contribution in [0.15, 0.2) is 12.3 Å². The fraction of sp³-hybridized carbons (Fsp3) is 0.867. The molecular formula is C15H35NSi2. The lowest BCUT2D eigenvalue weighted by Gasteiger charge is -2.46. The first-order chi connectivity index (χ1) is 8.33. The summed E-state index contributed by atoms with van der Waals surface area (Å²) in [6.45, 7) is 21.0. The molecule has 18 heavy (non-hydrogen) atoms. The first-order valence-electron chi connectivity index (χ1n) is 7.73. The smallest absolute Gasteiger partial charge is 0.0855 e. The van der Waals surface area contributed by atoms with Gasteiger partial charge in [-0.1, -0.05) is 58.9 Å². The van der Waals surface area contributed by atoms with Gasteiger partial charge >= 0.3 is 0 Å². The molecule has 0 spiro atoms. The number of nitrogens with one attached hydrogen (secondary N) is 1. The van der Waals surface area contributed by atoms with Gasteiger partial charge in [-0.15, -0.1) is 12.3 Å². The maximum atomic E-state index is 4.15. The van der Waals surface area contributed by atoms with Crippen molar-refractivity contribution in [2.45, 2.75) is 83.6 Å². The third kappa shape index (κ3) is 4.07. The van der Waals surface area contributed by atoms with Gasteiger partial charge < -0.3 is 5.32 Å². The zero-order valence-corrected chi connectivity index (χ0v) is 15.8. The Hall–Kier alpha value is 0.134. The monoisotopic (exact) mass is 285 g/mol. The molecule has 0 rings (SSSR count).